The summed E-state index contributed by atoms with van der Waals surface area (Å²) < 4.78 is 0. The number of aldehydes is 1. The van der Waals surface area contributed by atoms with E-state index in [4.69, 9.17) is 5.11 Å². The first kappa shape index (κ1) is 23.8. The highest BCUT2D eigenvalue weighted by Gasteiger charge is 2.38. The molecule has 1 aliphatic rings. The first-order chi connectivity index (χ1) is 15.8. The Labute approximate surface area is 190 Å². The van der Waals surface area contributed by atoms with Crippen molar-refractivity contribution in [1.82, 2.24) is 20.5 Å². The molecule has 3 amide bonds. The van der Waals surface area contributed by atoms with Gasteiger partial charge in [-0.1, -0.05) is 31.2 Å². The number of pyridine rings is 1. The summed E-state index contributed by atoms with van der Waals surface area (Å²) in [6, 6.07) is 6.20. The fourth-order valence-corrected chi connectivity index (χ4v) is 3.97. The number of amides is 3. The van der Waals surface area contributed by atoms with Gasteiger partial charge in [0.15, 0.2) is 0 Å². The molecule has 1 saturated heterocycles. The number of carboxylic acid groups (broad SMARTS) is 1. The summed E-state index contributed by atoms with van der Waals surface area (Å²) in [6.07, 6.45) is 2.60. The predicted octanol–water partition coefficient (Wildman–Crippen LogP) is 0.893. The number of benzene rings is 1. The Hall–Kier alpha value is -3.82. The standard InChI is InChI=1S/C23H26N4O6/c1-2-17(26-22(32)20-16-7-4-3-6-14(16)9-10-24-20)23(33)27-11-5-8-18(27)21(31)25-15(13-28)12-19(29)30/h3-4,6-7,9-10,13,15,17-18H,2,5,8,11-12H2,1H3,(H,25,31)(H,26,32)(H,29,30). The largest absolute Gasteiger partial charge is 0.481 e. The van der Waals surface area contributed by atoms with Crippen LogP contribution in [-0.2, 0) is 19.2 Å². The van der Waals surface area contributed by atoms with Crippen LogP contribution in [0.2, 0.25) is 0 Å². The molecule has 0 saturated carbocycles. The van der Waals surface area contributed by atoms with Crippen LogP contribution in [0.3, 0.4) is 0 Å². The summed E-state index contributed by atoms with van der Waals surface area (Å²) in [4.78, 5) is 66.3. The fraction of sp³-hybridized carbons (Fsp3) is 0.391. The number of nitrogens with zero attached hydrogens (tertiary/aromatic N) is 2. The van der Waals surface area contributed by atoms with Gasteiger partial charge in [-0.3, -0.25) is 24.2 Å². The van der Waals surface area contributed by atoms with Gasteiger partial charge in [-0.25, -0.2) is 0 Å². The highest BCUT2D eigenvalue weighted by Crippen LogP contribution is 2.20. The van der Waals surface area contributed by atoms with Crippen molar-refractivity contribution in [1.29, 1.82) is 0 Å². The number of carbonyl (C=O) groups is 5. The highest BCUT2D eigenvalue weighted by atomic mass is 16.4. The molecule has 1 fully saturated rings. The van der Waals surface area contributed by atoms with Crippen LogP contribution in [0.5, 0.6) is 0 Å². The third-order valence-electron chi connectivity index (χ3n) is 5.63. The third-order valence-corrected chi connectivity index (χ3v) is 5.63. The SMILES string of the molecule is CCC(NC(=O)c1nccc2ccccc12)C(=O)N1CCCC1C(=O)NC(C=O)CC(=O)O. The van der Waals surface area contributed by atoms with Crippen molar-refractivity contribution in [3.63, 3.8) is 0 Å². The molecule has 1 aromatic heterocycles. The molecular formula is C23H26N4O6. The van der Waals surface area contributed by atoms with Crippen LogP contribution in [0, 0.1) is 0 Å². The van der Waals surface area contributed by atoms with Gasteiger partial charge >= 0.3 is 5.97 Å². The number of hydrogen-bond acceptors (Lipinski definition) is 6. The summed E-state index contributed by atoms with van der Waals surface area (Å²) in [5.74, 6) is -2.71. The van der Waals surface area contributed by atoms with Crippen molar-refractivity contribution in [2.75, 3.05) is 6.54 Å². The van der Waals surface area contributed by atoms with Crippen LogP contribution in [0.1, 0.15) is 43.1 Å². The zero-order valence-electron chi connectivity index (χ0n) is 18.2. The minimum absolute atomic E-state index is 0.206. The lowest BCUT2D eigenvalue weighted by molar-refractivity contribution is -0.142. The molecule has 0 radical (unpaired) electrons. The van der Waals surface area contributed by atoms with Crippen molar-refractivity contribution < 1.29 is 29.1 Å². The van der Waals surface area contributed by atoms with E-state index in [1.54, 1.807) is 25.1 Å². The molecule has 174 valence electrons. The Bertz CT molecular complexity index is 1070. The number of fused-ring (bicyclic) bond motifs is 1. The maximum absolute atomic E-state index is 13.2. The number of rotatable bonds is 9. The number of aliphatic carboxylic acids is 1. The molecule has 1 aromatic carbocycles. The van der Waals surface area contributed by atoms with Crippen molar-refractivity contribution >= 4 is 40.7 Å². The first-order valence-electron chi connectivity index (χ1n) is 10.8. The van der Waals surface area contributed by atoms with Crippen LogP contribution in [0.4, 0.5) is 0 Å². The van der Waals surface area contributed by atoms with E-state index in [0.717, 1.165) is 5.39 Å². The molecule has 0 aliphatic carbocycles. The molecule has 0 spiro atoms. The van der Waals surface area contributed by atoms with Crippen LogP contribution >= 0.6 is 0 Å². The molecule has 2 aromatic rings. The number of carboxylic acids is 1. The molecule has 2 heterocycles. The molecule has 3 atom stereocenters. The van der Waals surface area contributed by atoms with E-state index in [1.165, 1.54) is 11.1 Å². The Balaban J connectivity index is 1.72. The lowest BCUT2D eigenvalue weighted by Gasteiger charge is -2.28. The maximum atomic E-state index is 13.2. The van der Waals surface area contributed by atoms with Gasteiger partial charge < -0.3 is 25.4 Å². The minimum atomic E-state index is -1.22. The zero-order valence-corrected chi connectivity index (χ0v) is 18.2. The van der Waals surface area contributed by atoms with Crippen molar-refractivity contribution in [2.45, 2.75) is 50.7 Å². The van der Waals surface area contributed by atoms with E-state index in [1.807, 2.05) is 12.1 Å². The van der Waals surface area contributed by atoms with Crippen LogP contribution in [0.25, 0.3) is 10.8 Å². The summed E-state index contributed by atoms with van der Waals surface area (Å²) in [5, 5.41) is 15.5. The molecule has 1 aliphatic heterocycles. The molecule has 3 unspecified atom stereocenters. The van der Waals surface area contributed by atoms with Gasteiger partial charge in [0.05, 0.1) is 12.5 Å². The highest BCUT2D eigenvalue weighted by molar-refractivity contribution is 6.06. The summed E-state index contributed by atoms with van der Waals surface area (Å²) >= 11 is 0. The van der Waals surface area contributed by atoms with Gasteiger partial charge in [-0.2, -0.15) is 0 Å². The number of hydrogen-bond donors (Lipinski definition) is 3. The van der Waals surface area contributed by atoms with E-state index in [-0.39, 0.29) is 5.69 Å². The van der Waals surface area contributed by atoms with Crippen molar-refractivity contribution in [3.8, 4) is 0 Å². The minimum Gasteiger partial charge on any atom is -0.481 e. The van der Waals surface area contributed by atoms with Gasteiger partial charge in [0.25, 0.3) is 5.91 Å². The lowest BCUT2D eigenvalue weighted by Crippen LogP contribution is -2.54. The summed E-state index contributed by atoms with van der Waals surface area (Å²) in [5.41, 5.74) is 0.206. The second-order valence-corrected chi connectivity index (χ2v) is 7.85. The summed E-state index contributed by atoms with van der Waals surface area (Å²) in [7, 11) is 0. The second kappa shape index (κ2) is 10.7. The van der Waals surface area contributed by atoms with E-state index >= 15 is 0 Å². The number of nitrogens with one attached hydrogen (secondary N) is 2. The first-order valence-corrected chi connectivity index (χ1v) is 10.8. The molecular weight excluding hydrogens is 428 g/mol. The third kappa shape index (κ3) is 5.51. The molecule has 10 nitrogen and oxygen atoms in total. The van der Waals surface area contributed by atoms with E-state index in [9.17, 15) is 24.0 Å². The Morgan fingerprint density at radius 2 is 1.97 bits per heavy atom. The van der Waals surface area contributed by atoms with Crippen LogP contribution < -0.4 is 10.6 Å². The number of carbonyl (C=O) groups excluding carboxylic acids is 4. The monoisotopic (exact) mass is 454 g/mol. The molecule has 3 rings (SSSR count). The van der Waals surface area contributed by atoms with Gasteiger partial charge in [0.1, 0.15) is 24.1 Å². The van der Waals surface area contributed by atoms with Gasteiger partial charge in [0, 0.05) is 18.1 Å². The van der Waals surface area contributed by atoms with Crippen molar-refractivity contribution in [3.05, 3.63) is 42.2 Å². The topological polar surface area (TPSA) is 146 Å². The molecule has 0 bridgehead atoms. The van der Waals surface area contributed by atoms with Gasteiger partial charge in [-0.15, -0.1) is 0 Å². The average molecular weight is 454 g/mol. The fourth-order valence-electron chi connectivity index (χ4n) is 3.97. The van der Waals surface area contributed by atoms with Crippen LogP contribution in [-0.4, -0.2) is 69.6 Å². The van der Waals surface area contributed by atoms with Crippen LogP contribution in [0.15, 0.2) is 36.5 Å². The Morgan fingerprint density at radius 3 is 2.67 bits per heavy atom. The van der Waals surface area contributed by atoms with Crippen molar-refractivity contribution in [2.24, 2.45) is 0 Å². The molecule has 3 N–H and O–H groups in total. The Kier molecular flexibility index (Phi) is 7.70. The van der Waals surface area contributed by atoms with Gasteiger partial charge in [-0.05, 0) is 30.7 Å². The smallest absolute Gasteiger partial charge is 0.305 e. The second-order valence-electron chi connectivity index (χ2n) is 7.85. The van der Waals surface area contributed by atoms with Gasteiger partial charge in [0.2, 0.25) is 11.8 Å². The molecule has 10 heteroatoms. The zero-order chi connectivity index (χ0) is 24.0. The van der Waals surface area contributed by atoms with E-state index in [0.29, 0.717) is 37.5 Å². The number of likely N-dealkylation sites (tertiary alicyclic amines) is 1. The molecule has 33 heavy (non-hydrogen) atoms. The lowest BCUT2D eigenvalue weighted by atomic mass is 10.1. The summed E-state index contributed by atoms with van der Waals surface area (Å²) in [6.45, 7) is 2.07. The normalized spacial score (nSPS) is 17.2. The Morgan fingerprint density at radius 1 is 1.21 bits per heavy atom. The average Bonchev–Trinajstić information content (AvgIpc) is 3.31. The predicted molar refractivity (Wildman–Crippen MR) is 118 cm³/mol. The number of aromatic nitrogens is 1. The maximum Gasteiger partial charge on any atom is 0.305 e. The quantitative estimate of drug-likeness (QED) is 0.477. The van der Waals surface area contributed by atoms with E-state index < -0.39 is 48.2 Å². The van der Waals surface area contributed by atoms with E-state index in [2.05, 4.69) is 15.6 Å².